The molecular formula is C17H26N2. The highest BCUT2D eigenvalue weighted by molar-refractivity contribution is 5.14. The number of rotatable bonds is 4. The average Bonchev–Trinajstić information content (AvgIpc) is 2.50. The van der Waals surface area contributed by atoms with Crippen LogP contribution >= 0.6 is 0 Å². The normalized spacial score (nSPS) is 21.9. The van der Waals surface area contributed by atoms with Crippen molar-refractivity contribution in [3.63, 3.8) is 0 Å². The van der Waals surface area contributed by atoms with E-state index < -0.39 is 0 Å². The van der Waals surface area contributed by atoms with Crippen molar-refractivity contribution < 1.29 is 0 Å². The Balaban J connectivity index is 0.000000861. The van der Waals surface area contributed by atoms with Gasteiger partial charge in [-0.1, -0.05) is 44.2 Å². The van der Waals surface area contributed by atoms with Crippen molar-refractivity contribution in [2.45, 2.75) is 58.5 Å². The first-order chi connectivity index (χ1) is 9.38. The highest BCUT2D eigenvalue weighted by Gasteiger charge is 2.20. The van der Waals surface area contributed by atoms with E-state index in [1.165, 1.54) is 31.2 Å². The number of hydrogen-bond acceptors (Lipinski definition) is 2. The van der Waals surface area contributed by atoms with Crippen LogP contribution in [0, 0.1) is 17.2 Å². The highest BCUT2D eigenvalue weighted by Crippen LogP contribution is 2.26. The molecule has 0 radical (unpaired) electrons. The van der Waals surface area contributed by atoms with Crippen molar-refractivity contribution in [2.24, 2.45) is 5.92 Å². The van der Waals surface area contributed by atoms with Gasteiger partial charge < -0.3 is 5.32 Å². The Morgan fingerprint density at radius 2 is 1.74 bits per heavy atom. The van der Waals surface area contributed by atoms with Crippen molar-refractivity contribution >= 4 is 0 Å². The molecule has 0 amide bonds. The molecule has 1 aromatic rings. The van der Waals surface area contributed by atoms with E-state index in [2.05, 4.69) is 41.7 Å². The van der Waals surface area contributed by atoms with Gasteiger partial charge in [0.25, 0.3) is 0 Å². The van der Waals surface area contributed by atoms with Crippen LogP contribution in [0.4, 0.5) is 0 Å². The van der Waals surface area contributed by atoms with Gasteiger partial charge in [-0.25, -0.2) is 0 Å². The summed E-state index contributed by atoms with van der Waals surface area (Å²) in [5.41, 5.74) is 1.35. The number of nitrogens with one attached hydrogen (secondary N) is 1. The van der Waals surface area contributed by atoms with Gasteiger partial charge >= 0.3 is 0 Å². The first-order valence-electron chi connectivity index (χ1n) is 7.52. The van der Waals surface area contributed by atoms with E-state index in [0.29, 0.717) is 12.0 Å². The summed E-state index contributed by atoms with van der Waals surface area (Å²) in [6.07, 6.45) is 5.60. The van der Waals surface area contributed by atoms with Crippen LogP contribution in [0.2, 0.25) is 0 Å². The van der Waals surface area contributed by atoms with E-state index in [4.69, 9.17) is 5.26 Å². The van der Waals surface area contributed by atoms with Crippen LogP contribution in [0.3, 0.4) is 0 Å². The van der Waals surface area contributed by atoms with Crippen LogP contribution in [0.5, 0.6) is 0 Å². The Kier molecular flexibility index (Phi) is 7.93. The Hall–Kier alpha value is -1.33. The molecule has 0 aromatic heterocycles. The van der Waals surface area contributed by atoms with Gasteiger partial charge in [0.15, 0.2) is 0 Å². The standard InChI is InChI=1S/C15H20N2.C2H6/c16-11-10-13-6-8-15(9-7-13)17-12-14-4-2-1-3-5-14;1-2/h1-5,13,15,17H,6-10,12H2;1-2H3. The van der Waals surface area contributed by atoms with E-state index in [-0.39, 0.29) is 0 Å². The number of nitriles is 1. The van der Waals surface area contributed by atoms with Gasteiger partial charge in [-0.05, 0) is 37.2 Å². The molecule has 19 heavy (non-hydrogen) atoms. The van der Waals surface area contributed by atoms with Crippen molar-refractivity contribution in [1.82, 2.24) is 5.32 Å². The fraction of sp³-hybridized carbons (Fsp3) is 0.588. The van der Waals surface area contributed by atoms with Crippen LogP contribution in [-0.2, 0) is 6.54 Å². The lowest BCUT2D eigenvalue weighted by atomic mass is 9.84. The van der Waals surface area contributed by atoms with Crippen molar-refractivity contribution in [3.8, 4) is 6.07 Å². The zero-order chi connectivity index (χ0) is 13.9. The number of hydrogen-bond donors (Lipinski definition) is 1. The molecule has 2 heteroatoms. The molecule has 1 aromatic carbocycles. The van der Waals surface area contributed by atoms with Crippen LogP contribution in [0.25, 0.3) is 0 Å². The minimum Gasteiger partial charge on any atom is -0.310 e. The zero-order valence-electron chi connectivity index (χ0n) is 12.2. The minimum atomic E-state index is 0.644. The SMILES string of the molecule is CC.N#CCC1CCC(NCc2ccccc2)CC1. The maximum Gasteiger partial charge on any atom is 0.0624 e. The summed E-state index contributed by atoms with van der Waals surface area (Å²) in [5, 5.41) is 12.3. The molecule has 0 spiro atoms. The van der Waals surface area contributed by atoms with Gasteiger partial charge in [-0.15, -0.1) is 0 Å². The molecule has 2 nitrogen and oxygen atoms in total. The van der Waals surface area contributed by atoms with E-state index in [9.17, 15) is 0 Å². The summed E-state index contributed by atoms with van der Waals surface area (Å²) in [6, 6.07) is 13.5. The van der Waals surface area contributed by atoms with E-state index in [1.807, 2.05) is 13.8 Å². The largest absolute Gasteiger partial charge is 0.310 e. The average molecular weight is 258 g/mol. The quantitative estimate of drug-likeness (QED) is 0.875. The maximum atomic E-state index is 8.67. The van der Waals surface area contributed by atoms with Crippen LogP contribution in [-0.4, -0.2) is 6.04 Å². The number of benzene rings is 1. The highest BCUT2D eigenvalue weighted by atomic mass is 14.9. The molecule has 104 valence electrons. The molecule has 0 saturated heterocycles. The smallest absolute Gasteiger partial charge is 0.0624 e. The molecule has 0 unspecified atom stereocenters. The Morgan fingerprint density at radius 3 is 2.32 bits per heavy atom. The third-order valence-corrected chi connectivity index (χ3v) is 3.66. The summed E-state index contributed by atoms with van der Waals surface area (Å²) < 4.78 is 0. The van der Waals surface area contributed by atoms with Crippen LogP contribution in [0.1, 0.15) is 51.5 Å². The van der Waals surface area contributed by atoms with Gasteiger partial charge in [-0.3, -0.25) is 0 Å². The molecule has 1 fully saturated rings. The van der Waals surface area contributed by atoms with E-state index >= 15 is 0 Å². The molecule has 1 aliphatic rings. The van der Waals surface area contributed by atoms with Gasteiger partial charge in [0.2, 0.25) is 0 Å². The lowest BCUT2D eigenvalue weighted by Gasteiger charge is -2.28. The first kappa shape index (κ1) is 15.7. The maximum absolute atomic E-state index is 8.67. The fourth-order valence-corrected chi connectivity index (χ4v) is 2.56. The molecule has 1 saturated carbocycles. The van der Waals surface area contributed by atoms with Crippen molar-refractivity contribution in [1.29, 1.82) is 5.26 Å². The third kappa shape index (κ3) is 5.89. The summed E-state index contributed by atoms with van der Waals surface area (Å²) in [5.74, 6) is 0.648. The van der Waals surface area contributed by atoms with Crippen LogP contribution < -0.4 is 5.32 Å². The molecule has 1 N–H and O–H groups in total. The fourth-order valence-electron chi connectivity index (χ4n) is 2.56. The monoisotopic (exact) mass is 258 g/mol. The van der Waals surface area contributed by atoms with Gasteiger partial charge in [0.1, 0.15) is 0 Å². The third-order valence-electron chi connectivity index (χ3n) is 3.66. The summed E-state index contributed by atoms with van der Waals surface area (Å²) in [7, 11) is 0. The zero-order valence-corrected chi connectivity index (χ0v) is 12.2. The molecular weight excluding hydrogens is 232 g/mol. The lowest BCUT2D eigenvalue weighted by molar-refractivity contribution is 0.294. The molecule has 0 atom stereocenters. The molecule has 0 aliphatic heterocycles. The lowest BCUT2D eigenvalue weighted by Crippen LogP contribution is -2.32. The second-order valence-corrected chi connectivity index (χ2v) is 4.95. The van der Waals surface area contributed by atoms with Crippen LogP contribution in [0.15, 0.2) is 30.3 Å². The number of nitrogens with zero attached hydrogens (tertiary/aromatic N) is 1. The van der Waals surface area contributed by atoms with Crippen molar-refractivity contribution in [2.75, 3.05) is 0 Å². The minimum absolute atomic E-state index is 0.644. The predicted molar refractivity (Wildman–Crippen MR) is 80.6 cm³/mol. The summed E-state index contributed by atoms with van der Waals surface area (Å²) in [4.78, 5) is 0. The van der Waals surface area contributed by atoms with Crippen molar-refractivity contribution in [3.05, 3.63) is 35.9 Å². The topological polar surface area (TPSA) is 35.8 Å². The Labute approximate surface area is 117 Å². The molecule has 0 bridgehead atoms. The van der Waals surface area contributed by atoms with Gasteiger partial charge in [0, 0.05) is 19.0 Å². The molecule has 0 heterocycles. The summed E-state index contributed by atoms with van der Waals surface area (Å²) >= 11 is 0. The first-order valence-corrected chi connectivity index (χ1v) is 7.52. The predicted octanol–water partition coefficient (Wildman–Crippen LogP) is 4.27. The second-order valence-electron chi connectivity index (χ2n) is 4.95. The van der Waals surface area contributed by atoms with Gasteiger partial charge in [0.05, 0.1) is 6.07 Å². The van der Waals surface area contributed by atoms with Gasteiger partial charge in [-0.2, -0.15) is 5.26 Å². The van der Waals surface area contributed by atoms with E-state index in [0.717, 1.165) is 13.0 Å². The molecule has 2 rings (SSSR count). The van der Waals surface area contributed by atoms with E-state index in [1.54, 1.807) is 0 Å². The second kappa shape index (κ2) is 9.58. The Morgan fingerprint density at radius 1 is 1.11 bits per heavy atom. The Bertz CT molecular complexity index is 359. The summed E-state index contributed by atoms with van der Waals surface area (Å²) in [6.45, 7) is 4.97. The molecule has 1 aliphatic carbocycles.